The predicted octanol–water partition coefficient (Wildman–Crippen LogP) is 2.14. The molecule has 5 nitrogen and oxygen atoms in total. The molecule has 0 saturated heterocycles. The van der Waals surface area contributed by atoms with Crippen molar-refractivity contribution in [3.63, 3.8) is 0 Å². The highest BCUT2D eigenvalue weighted by molar-refractivity contribution is 7.15. The number of fused-ring (bicyclic) bond motifs is 1. The van der Waals surface area contributed by atoms with Crippen LogP contribution < -0.4 is 15.2 Å². The summed E-state index contributed by atoms with van der Waals surface area (Å²) >= 11 is 1.76. The molecular weight excluding hydrogens is 298 g/mol. The molecule has 0 spiro atoms. The van der Waals surface area contributed by atoms with E-state index in [2.05, 4.69) is 4.90 Å². The van der Waals surface area contributed by atoms with Gasteiger partial charge in [-0.3, -0.25) is 4.90 Å². The van der Waals surface area contributed by atoms with Crippen LogP contribution in [0.15, 0.2) is 18.2 Å². The number of rotatable bonds is 5. The second-order valence-corrected chi connectivity index (χ2v) is 6.36. The third-order valence-corrected chi connectivity index (χ3v) is 5.02. The van der Waals surface area contributed by atoms with Gasteiger partial charge in [-0.05, 0) is 18.2 Å². The van der Waals surface area contributed by atoms with Crippen molar-refractivity contribution in [3.8, 4) is 22.1 Å². The van der Waals surface area contributed by atoms with E-state index < -0.39 is 0 Å². The number of hydrogen-bond donors (Lipinski definition) is 1. The molecule has 2 N–H and O–H groups in total. The Hall–Kier alpha value is -1.63. The average Bonchev–Trinajstić information content (AvgIpc) is 2.97. The zero-order valence-corrected chi connectivity index (χ0v) is 13.8. The topological polar surface area (TPSA) is 60.6 Å². The zero-order chi connectivity index (χ0) is 15.5. The first-order valence-electron chi connectivity index (χ1n) is 7.38. The summed E-state index contributed by atoms with van der Waals surface area (Å²) in [5.41, 5.74) is 7.95. The molecule has 0 saturated carbocycles. The summed E-state index contributed by atoms with van der Waals surface area (Å²) < 4.78 is 10.7. The van der Waals surface area contributed by atoms with Gasteiger partial charge in [-0.2, -0.15) is 0 Å². The lowest BCUT2D eigenvalue weighted by Crippen LogP contribution is -2.33. The number of benzene rings is 1. The zero-order valence-electron chi connectivity index (χ0n) is 13.0. The van der Waals surface area contributed by atoms with Crippen LogP contribution in [0.1, 0.15) is 10.6 Å². The van der Waals surface area contributed by atoms with Crippen molar-refractivity contribution in [2.24, 2.45) is 5.73 Å². The van der Waals surface area contributed by atoms with E-state index in [4.69, 9.17) is 20.2 Å². The monoisotopic (exact) mass is 319 g/mol. The molecule has 0 bridgehead atoms. The Morgan fingerprint density at radius 1 is 1.27 bits per heavy atom. The lowest BCUT2D eigenvalue weighted by Gasteiger charge is -2.24. The second kappa shape index (κ2) is 6.64. The number of thiazole rings is 1. The SMILES string of the molecule is COc1ccc(-c2nc3c(s2)CN(CCN)CC3)cc1OC. The number of ether oxygens (including phenoxy) is 2. The minimum Gasteiger partial charge on any atom is -0.493 e. The maximum absolute atomic E-state index is 5.66. The molecule has 1 aromatic heterocycles. The predicted molar refractivity (Wildman–Crippen MR) is 88.7 cm³/mol. The van der Waals surface area contributed by atoms with Gasteiger partial charge in [0, 0.05) is 43.0 Å². The first-order valence-corrected chi connectivity index (χ1v) is 8.20. The fourth-order valence-electron chi connectivity index (χ4n) is 2.71. The lowest BCUT2D eigenvalue weighted by molar-refractivity contribution is 0.263. The van der Waals surface area contributed by atoms with E-state index in [0.29, 0.717) is 6.54 Å². The van der Waals surface area contributed by atoms with Crippen LogP contribution in [0.5, 0.6) is 11.5 Å². The molecule has 0 amide bonds. The highest BCUT2D eigenvalue weighted by Gasteiger charge is 2.21. The Morgan fingerprint density at radius 2 is 2.09 bits per heavy atom. The summed E-state index contributed by atoms with van der Waals surface area (Å²) in [6.07, 6.45) is 0.999. The Labute approximate surface area is 134 Å². The maximum Gasteiger partial charge on any atom is 0.161 e. The average molecular weight is 319 g/mol. The van der Waals surface area contributed by atoms with Gasteiger partial charge in [0.2, 0.25) is 0 Å². The van der Waals surface area contributed by atoms with Crippen molar-refractivity contribution in [1.29, 1.82) is 0 Å². The standard InChI is InChI=1S/C16H21N3O2S/c1-20-13-4-3-11(9-14(13)21-2)16-18-12-5-7-19(8-6-17)10-15(12)22-16/h3-4,9H,5-8,10,17H2,1-2H3. The van der Waals surface area contributed by atoms with Crippen LogP contribution in [-0.2, 0) is 13.0 Å². The van der Waals surface area contributed by atoms with E-state index in [-0.39, 0.29) is 0 Å². The van der Waals surface area contributed by atoms with Crippen LogP contribution in [-0.4, -0.2) is 43.7 Å². The van der Waals surface area contributed by atoms with Gasteiger partial charge in [0.1, 0.15) is 5.01 Å². The highest BCUT2D eigenvalue weighted by Crippen LogP contribution is 2.36. The minimum atomic E-state index is 0.705. The second-order valence-electron chi connectivity index (χ2n) is 5.27. The van der Waals surface area contributed by atoms with Gasteiger partial charge in [-0.1, -0.05) is 0 Å². The lowest BCUT2D eigenvalue weighted by atomic mass is 10.1. The van der Waals surface area contributed by atoms with Gasteiger partial charge in [0.05, 0.1) is 19.9 Å². The fourth-order valence-corrected chi connectivity index (χ4v) is 3.86. The molecule has 2 heterocycles. The van der Waals surface area contributed by atoms with Crippen LogP contribution in [0.4, 0.5) is 0 Å². The number of nitrogens with two attached hydrogens (primary N) is 1. The van der Waals surface area contributed by atoms with Gasteiger partial charge in [-0.25, -0.2) is 4.98 Å². The van der Waals surface area contributed by atoms with E-state index in [1.165, 1.54) is 10.6 Å². The van der Waals surface area contributed by atoms with Crippen molar-refractivity contribution < 1.29 is 9.47 Å². The maximum atomic E-state index is 5.66. The summed E-state index contributed by atoms with van der Waals surface area (Å²) in [6.45, 7) is 3.65. The quantitative estimate of drug-likeness (QED) is 0.915. The van der Waals surface area contributed by atoms with Crippen molar-refractivity contribution in [2.75, 3.05) is 33.9 Å². The summed E-state index contributed by atoms with van der Waals surface area (Å²) in [5.74, 6) is 1.47. The Kier molecular flexibility index (Phi) is 4.61. The molecule has 6 heteroatoms. The van der Waals surface area contributed by atoms with Crippen molar-refractivity contribution in [3.05, 3.63) is 28.8 Å². The van der Waals surface area contributed by atoms with Gasteiger partial charge >= 0.3 is 0 Å². The van der Waals surface area contributed by atoms with Crippen LogP contribution >= 0.6 is 11.3 Å². The van der Waals surface area contributed by atoms with Gasteiger partial charge < -0.3 is 15.2 Å². The summed E-state index contributed by atoms with van der Waals surface area (Å²) in [5, 5.41) is 1.04. The van der Waals surface area contributed by atoms with Crippen molar-refractivity contribution >= 4 is 11.3 Å². The summed E-state index contributed by atoms with van der Waals surface area (Å²) in [6, 6.07) is 5.94. The molecule has 0 fully saturated rings. The Balaban J connectivity index is 1.88. The van der Waals surface area contributed by atoms with Crippen LogP contribution in [0.2, 0.25) is 0 Å². The van der Waals surface area contributed by atoms with Crippen LogP contribution in [0, 0.1) is 0 Å². The highest BCUT2D eigenvalue weighted by atomic mass is 32.1. The number of hydrogen-bond acceptors (Lipinski definition) is 6. The molecule has 0 unspecified atom stereocenters. The Bertz CT molecular complexity index is 657. The molecule has 2 aromatic rings. The smallest absolute Gasteiger partial charge is 0.161 e. The van der Waals surface area contributed by atoms with Crippen LogP contribution in [0.3, 0.4) is 0 Å². The van der Waals surface area contributed by atoms with E-state index in [0.717, 1.165) is 48.1 Å². The molecule has 1 aliphatic rings. The Morgan fingerprint density at radius 3 is 2.82 bits per heavy atom. The normalized spacial score (nSPS) is 14.7. The van der Waals surface area contributed by atoms with Crippen LogP contribution in [0.25, 0.3) is 10.6 Å². The minimum absolute atomic E-state index is 0.705. The molecule has 0 atom stereocenters. The van der Waals surface area contributed by atoms with Crippen molar-refractivity contribution in [1.82, 2.24) is 9.88 Å². The molecular formula is C16H21N3O2S. The van der Waals surface area contributed by atoms with E-state index >= 15 is 0 Å². The van der Waals surface area contributed by atoms with Gasteiger partial charge in [-0.15, -0.1) is 11.3 Å². The number of nitrogens with zero attached hydrogens (tertiary/aromatic N) is 2. The molecule has 118 valence electrons. The van der Waals surface area contributed by atoms with Gasteiger partial charge in [0.25, 0.3) is 0 Å². The van der Waals surface area contributed by atoms with Crippen molar-refractivity contribution in [2.45, 2.75) is 13.0 Å². The van der Waals surface area contributed by atoms with E-state index in [1.807, 2.05) is 18.2 Å². The van der Waals surface area contributed by atoms with Gasteiger partial charge in [0.15, 0.2) is 11.5 Å². The third kappa shape index (κ3) is 2.95. The van der Waals surface area contributed by atoms with E-state index in [9.17, 15) is 0 Å². The fraction of sp³-hybridized carbons (Fsp3) is 0.438. The summed E-state index contributed by atoms with van der Waals surface area (Å²) in [7, 11) is 3.30. The number of methoxy groups -OCH3 is 2. The molecule has 22 heavy (non-hydrogen) atoms. The molecule has 0 aliphatic carbocycles. The first-order chi connectivity index (χ1) is 10.7. The first kappa shape index (κ1) is 15.3. The van der Waals surface area contributed by atoms with E-state index in [1.54, 1.807) is 25.6 Å². The molecule has 1 aromatic carbocycles. The molecule has 3 rings (SSSR count). The molecule has 0 radical (unpaired) electrons. The largest absolute Gasteiger partial charge is 0.493 e. The third-order valence-electron chi connectivity index (χ3n) is 3.89. The summed E-state index contributed by atoms with van der Waals surface area (Å²) in [4.78, 5) is 8.55. The number of aromatic nitrogens is 1. The molecule has 1 aliphatic heterocycles.